The van der Waals surface area contributed by atoms with Gasteiger partial charge in [0.2, 0.25) is 0 Å². The van der Waals surface area contributed by atoms with Crippen LogP contribution in [0, 0.1) is 0 Å². The van der Waals surface area contributed by atoms with Crippen molar-refractivity contribution in [2.45, 2.75) is 19.1 Å². The molecule has 2 rings (SSSR count). The van der Waals surface area contributed by atoms with Gasteiger partial charge in [0.1, 0.15) is 5.75 Å². The van der Waals surface area contributed by atoms with Gasteiger partial charge in [0.15, 0.2) is 6.10 Å². The monoisotopic (exact) mass is 265 g/mol. The molecule has 0 aromatic heterocycles. The fraction of sp³-hybridized carbons (Fsp3) is 0.462. The Balaban J connectivity index is 2.38. The minimum atomic E-state index is -0.543. The van der Waals surface area contributed by atoms with E-state index in [0.717, 1.165) is 5.69 Å². The third kappa shape index (κ3) is 2.64. The number of ether oxygens (including phenoxy) is 1. The molecule has 104 valence electrons. The number of aliphatic hydroxyl groups is 1. The second kappa shape index (κ2) is 5.46. The van der Waals surface area contributed by atoms with Crippen LogP contribution in [0.25, 0.3) is 0 Å². The molecule has 6 nitrogen and oxygen atoms in total. The highest BCUT2D eigenvalue weighted by atomic mass is 16.5. The number of carbonyl (C=O) groups excluding carboxylic acids is 1. The third-order valence-corrected chi connectivity index (χ3v) is 3.11. The van der Waals surface area contributed by atoms with E-state index in [0.29, 0.717) is 11.4 Å². The highest BCUT2D eigenvalue weighted by Gasteiger charge is 2.32. The third-order valence-electron chi connectivity index (χ3n) is 3.11. The Morgan fingerprint density at radius 3 is 2.95 bits per heavy atom. The van der Waals surface area contributed by atoms with Gasteiger partial charge in [0, 0.05) is 25.3 Å². The Bertz CT molecular complexity index is 478. The number of aliphatic hydroxyl groups excluding tert-OH is 1. The van der Waals surface area contributed by atoms with Gasteiger partial charge in [-0.25, -0.2) is 0 Å². The largest absolute Gasteiger partial charge is 0.479 e. The number of benzene rings is 1. The maximum atomic E-state index is 12.2. The summed E-state index contributed by atoms with van der Waals surface area (Å²) in [6, 6.07) is 5.07. The van der Waals surface area contributed by atoms with E-state index in [9.17, 15) is 4.79 Å². The van der Waals surface area contributed by atoms with Crippen LogP contribution in [0.15, 0.2) is 18.2 Å². The van der Waals surface area contributed by atoms with Crippen LogP contribution in [0.4, 0.5) is 11.4 Å². The molecule has 2 unspecified atom stereocenters. The van der Waals surface area contributed by atoms with Gasteiger partial charge in [0.25, 0.3) is 5.91 Å². The van der Waals surface area contributed by atoms with Crippen molar-refractivity contribution in [2.24, 2.45) is 5.73 Å². The van der Waals surface area contributed by atoms with E-state index in [-0.39, 0.29) is 19.1 Å². The lowest BCUT2D eigenvalue weighted by atomic mass is 10.1. The first-order chi connectivity index (χ1) is 9.06. The van der Waals surface area contributed by atoms with Gasteiger partial charge in [-0.3, -0.25) is 4.79 Å². The van der Waals surface area contributed by atoms with E-state index in [2.05, 4.69) is 5.32 Å². The molecule has 1 aromatic rings. The van der Waals surface area contributed by atoms with Crippen LogP contribution >= 0.6 is 0 Å². The summed E-state index contributed by atoms with van der Waals surface area (Å²) in [7, 11) is 1.81. The fourth-order valence-electron chi connectivity index (χ4n) is 2.04. The Labute approximate surface area is 112 Å². The van der Waals surface area contributed by atoms with E-state index >= 15 is 0 Å². The van der Waals surface area contributed by atoms with Crippen LogP contribution in [0.3, 0.4) is 0 Å². The van der Waals surface area contributed by atoms with Gasteiger partial charge in [-0.15, -0.1) is 0 Å². The molecule has 0 saturated heterocycles. The maximum absolute atomic E-state index is 12.2. The number of anilines is 2. The topological polar surface area (TPSA) is 87.8 Å². The molecular formula is C13H19N3O3. The number of nitrogens with two attached hydrogens (primary N) is 1. The molecule has 0 saturated carbocycles. The molecule has 1 heterocycles. The molecule has 1 aromatic carbocycles. The van der Waals surface area contributed by atoms with Crippen LogP contribution in [-0.4, -0.2) is 43.4 Å². The number of hydrogen-bond acceptors (Lipinski definition) is 5. The number of rotatable bonds is 4. The van der Waals surface area contributed by atoms with Crippen molar-refractivity contribution in [2.75, 3.05) is 30.4 Å². The second-order valence-electron chi connectivity index (χ2n) is 4.58. The highest BCUT2D eigenvalue weighted by molar-refractivity contribution is 6.00. The molecule has 2 atom stereocenters. The van der Waals surface area contributed by atoms with Crippen molar-refractivity contribution in [1.29, 1.82) is 0 Å². The first kappa shape index (κ1) is 13.6. The molecule has 1 amide bonds. The summed E-state index contributed by atoms with van der Waals surface area (Å²) in [5.41, 5.74) is 7.30. The molecule has 1 aliphatic heterocycles. The number of nitrogens with zero attached hydrogens (tertiary/aromatic N) is 1. The lowest BCUT2D eigenvalue weighted by Gasteiger charge is -2.34. The minimum absolute atomic E-state index is 0.148. The quantitative estimate of drug-likeness (QED) is 0.722. The summed E-state index contributed by atoms with van der Waals surface area (Å²) in [5, 5.41) is 12.1. The van der Waals surface area contributed by atoms with Crippen molar-refractivity contribution >= 4 is 17.3 Å². The van der Waals surface area contributed by atoms with Gasteiger partial charge in [-0.1, -0.05) is 0 Å². The normalized spacial score (nSPS) is 19.7. The zero-order valence-corrected chi connectivity index (χ0v) is 11.1. The molecule has 4 N–H and O–H groups in total. The molecule has 6 heteroatoms. The van der Waals surface area contributed by atoms with Crippen molar-refractivity contribution in [3.05, 3.63) is 18.2 Å². The predicted molar refractivity (Wildman–Crippen MR) is 73.5 cm³/mol. The standard InChI is InChI=1S/C13H19N3O3/c1-8-13(18)16(6-9(14)7-17)11-5-10(15-2)3-4-12(11)19-8/h3-5,8-9,15,17H,6-7,14H2,1-2H3. The minimum Gasteiger partial charge on any atom is -0.479 e. The zero-order chi connectivity index (χ0) is 14.0. The van der Waals surface area contributed by atoms with E-state index in [1.165, 1.54) is 0 Å². The van der Waals surface area contributed by atoms with Crippen molar-refractivity contribution in [3.8, 4) is 5.75 Å². The molecule has 1 aliphatic rings. The molecule has 0 radical (unpaired) electrons. The van der Waals surface area contributed by atoms with E-state index in [4.69, 9.17) is 15.6 Å². The first-order valence-electron chi connectivity index (χ1n) is 6.23. The Morgan fingerprint density at radius 2 is 2.32 bits per heavy atom. The summed E-state index contributed by atoms with van der Waals surface area (Å²) in [6.45, 7) is 1.80. The molecule has 19 heavy (non-hydrogen) atoms. The summed E-state index contributed by atoms with van der Waals surface area (Å²) < 4.78 is 5.57. The van der Waals surface area contributed by atoms with Crippen LogP contribution < -0.4 is 20.7 Å². The maximum Gasteiger partial charge on any atom is 0.267 e. The Morgan fingerprint density at radius 1 is 1.58 bits per heavy atom. The summed E-state index contributed by atoms with van der Waals surface area (Å²) in [4.78, 5) is 13.8. The first-order valence-corrected chi connectivity index (χ1v) is 6.23. The molecular weight excluding hydrogens is 246 g/mol. The van der Waals surface area contributed by atoms with Gasteiger partial charge in [0.05, 0.1) is 12.3 Å². The summed E-state index contributed by atoms with van der Waals surface area (Å²) >= 11 is 0. The lowest BCUT2D eigenvalue weighted by Crippen LogP contribution is -2.50. The number of fused-ring (bicyclic) bond motifs is 1. The van der Waals surface area contributed by atoms with Crippen LogP contribution in [-0.2, 0) is 4.79 Å². The van der Waals surface area contributed by atoms with Gasteiger partial charge in [-0.2, -0.15) is 0 Å². The smallest absolute Gasteiger partial charge is 0.267 e. The van der Waals surface area contributed by atoms with E-state index < -0.39 is 12.1 Å². The SMILES string of the molecule is CNc1ccc2c(c1)N(CC(N)CO)C(=O)C(C)O2. The van der Waals surface area contributed by atoms with Crippen LogP contribution in [0.2, 0.25) is 0 Å². The van der Waals surface area contributed by atoms with Crippen molar-refractivity contribution in [3.63, 3.8) is 0 Å². The van der Waals surface area contributed by atoms with E-state index in [1.54, 1.807) is 18.9 Å². The second-order valence-corrected chi connectivity index (χ2v) is 4.58. The van der Waals surface area contributed by atoms with Crippen molar-refractivity contribution in [1.82, 2.24) is 0 Å². The zero-order valence-electron chi connectivity index (χ0n) is 11.1. The molecule has 0 bridgehead atoms. The van der Waals surface area contributed by atoms with Gasteiger partial charge >= 0.3 is 0 Å². The van der Waals surface area contributed by atoms with Crippen molar-refractivity contribution < 1.29 is 14.6 Å². The fourth-order valence-corrected chi connectivity index (χ4v) is 2.04. The van der Waals surface area contributed by atoms with Gasteiger partial charge in [-0.05, 0) is 25.1 Å². The Hall–Kier alpha value is -1.79. The highest BCUT2D eigenvalue weighted by Crippen LogP contribution is 2.36. The number of amides is 1. The summed E-state index contributed by atoms with van der Waals surface area (Å²) in [6.07, 6.45) is -0.543. The number of nitrogens with one attached hydrogen (secondary N) is 1. The predicted octanol–water partition coefficient (Wildman–Crippen LogP) is 0.162. The van der Waals surface area contributed by atoms with E-state index in [1.807, 2.05) is 18.2 Å². The van der Waals surface area contributed by atoms with Gasteiger partial charge < -0.3 is 25.8 Å². The molecule has 0 fully saturated rings. The number of hydrogen-bond donors (Lipinski definition) is 3. The van der Waals surface area contributed by atoms with Crippen LogP contribution in [0.5, 0.6) is 5.75 Å². The molecule has 0 spiro atoms. The average molecular weight is 265 g/mol. The van der Waals surface area contributed by atoms with Crippen LogP contribution in [0.1, 0.15) is 6.92 Å². The summed E-state index contributed by atoms with van der Waals surface area (Å²) in [5.74, 6) is 0.501. The molecule has 0 aliphatic carbocycles. The average Bonchev–Trinajstić information content (AvgIpc) is 2.43. The Kier molecular flexibility index (Phi) is 3.92. The lowest BCUT2D eigenvalue weighted by molar-refractivity contribution is -0.125. The number of carbonyl (C=O) groups is 1.